The van der Waals surface area contributed by atoms with E-state index in [9.17, 15) is 8.42 Å². The van der Waals surface area contributed by atoms with Gasteiger partial charge in [-0.3, -0.25) is 0 Å². The van der Waals surface area contributed by atoms with Gasteiger partial charge in [0.05, 0.1) is 6.61 Å². The summed E-state index contributed by atoms with van der Waals surface area (Å²) in [5, 5.41) is 0. The van der Waals surface area contributed by atoms with Crippen LogP contribution in [-0.4, -0.2) is 31.9 Å². The molecule has 1 rings (SSSR count). The van der Waals surface area contributed by atoms with Gasteiger partial charge in [0, 0.05) is 18.3 Å². The first-order valence-electron chi connectivity index (χ1n) is 6.88. The van der Waals surface area contributed by atoms with Crippen LogP contribution in [-0.2, 0) is 10.0 Å². The fourth-order valence-corrected chi connectivity index (χ4v) is 3.90. The summed E-state index contributed by atoms with van der Waals surface area (Å²) in [5.41, 5.74) is 6.14. The van der Waals surface area contributed by atoms with Crippen LogP contribution in [0.4, 0.5) is 5.69 Å². The van der Waals surface area contributed by atoms with Crippen LogP contribution >= 0.6 is 0 Å². The standard InChI is InChI=1S/C14H24N2O3S/c1-5-9-16(11(3)4)20(17,18)14-10-12(15)7-8-13(14)19-6-2/h7-8,10-11H,5-6,9,15H2,1-4H3. The van der Waals surface area contributed by atoms with Crippen molar-refractivity contribution in [2.45, 2.75) is 45.1 Å². The Bertz CT molecular complexity index is 541. The van der Waals surface area contributed by atoms with Gasteiger partial charge in [-0.1, -0.05) is 6.92 Å². The van der Waals surface area contributed by atoms with E-state index in [0.717, 1.165) is 6.42 Å². The molecule has 0 aliphatic heterocycles. The minimum absolute atomic E-state index is 0.115. The average molecular weight is 300 g/mol. The topological polar surface area (TPSA) is 72.6 Å². The van der Waals surface area contributed by atoms with Gasteiger partial charge in [-0.05, 0) is 45.4 Å². The van der Waals surface area contributed by atoms with Crippen LogP contribution < -0.4 is 10.5 Å². The maximum atomic E-state index is 12.8. The van der Waals surface area contributed by atoms with Crippen molar-refractivity contribution in [3.63, 3.8) is 0 Å². The zero-order valence-corrected chi connectivity index (χ0v) is 13.4. The quantitative estimate of drug-likeness (QED) is 0.785. The van der Waals surface area contributed by atoms with Crippen molar-refractivity contribution in [1.29, 1.82) is 0 Å². The molecule has 0 aromatic heterocycles. The van der Waals surface area contributed by atoms with Crippen LogP contribution in [0.3, 0.4) is 0 Å². The molecule has 0 radical (unpaired) electrons. The lowest BCUT2D eigenvalue weighted by atomic mass is 10.3. The first-order chi connectivity index (χ1) is 9.34. The maximum absolute atomic E-state index is 12.8. The molecule has 114 valence electrons. The van der Waals surface area contributed by atoms with Crippen molar-refractivity contribution >= 4 is 15.7 Å². The maximum Gasteiger partial charge on any atom is 0.247 e. The van der Waals surface area contributed by atoms with Crippen molar-refractivity contribution in [1.82, 2.24) is 4.31 Å². The van der Waals surface area contributed by atoms with Crippen molar-refractivity contribution in [3.05, 3.63) is 18.2 Å². The second-order valence-corrected chi connectivity index (χ2v) is 6.71. The predicted molar refractivity (Wildman–Crippen MR) is 81.3 cm³/mol. The summed E-state index contributed by atoms with van der Waals surface area (Å²) in [6, 6.07) is 4.60. The summed E-state index contributed by atoms with van der Waals surface area (Å²) < 4.78 is 32.5. The molecule has 0 saturated carbocycles. The Kier molecular flexibility index (Phi) is 5.83. The molecule has 0 amide bonds. The highest BCUT2D eigenvalue weighted by atomic mass is 32.2. The number of sulfonamides is 1. The van der Waals surface area contributed by atoms with E-state index in [1.165, 1.54) is 10.4 Å². The van der Waals surface area contributed by atoms with E-state index in [1.54, 1.807) is 12.1 Å². The summed E-state index contributed by atoms with van der Waals surface area (Å²) in [6.07, 6.45) is 0.754. The fraction of sp³-hybridized carbons (Fsp3) is 0.571. The highest BCUT2D eigenvalue weighted by Gasteiger charge is 2.29. The van der Waals surface area contributed by atoms with Crippen LogP contribution in [0.2, 0.25) is 0 Å². The van der Waals surface area contributed by atoms with Crippen LogP contribution in [0.25, 0.3) is 0 Å². The molecular weight excluding hydrogens is 276 g/mol. The molecule has 20 heavy (non-hydrogen) atoms. The van der Waals surface area contributed by atoms with Gasteiger partial charge in [-0.2, -0.15) is 4.31 Å². The van der Waals surface area contributed by atoms with Crippen LogP contribution in [0, 0.1) is 0 Å². The Morgan fingerprint density at radius 3 is 2.45 bits per heavy atom. The molecule has 0 saturated heterocycles. The summed E-state index contributed by atoms with van der Waals surface area (Å²) in [5.74, 6) is 0.350. The Morgan fingerprint density at radius 2 is 1.95 bits per heavy atom. The molecule has 1 aromatic rings. The molecule has 1 aromatic carbocycles. The zero-order valence-electron chi connectivity index (χ0n) is 12.6. The number of anilines is 1. The average Bonchev–Trinajstić information content (AvgIpc) is 2.37. The van der Waals surface area contributed by atoms with E-state index in [0.29, 0.717) is 24.6 Å². The molecule has 0 fully saturated rings. The predicted octanol–water partition coefficient (Wildman–Crippen LogP) is 2.48. The number of benzene rings is 1. The lowest BCUT2D eigenvalue weighted by Crippen LogP contribution is -2.37. The number of rotatable bonds is 7. The number of nitrogen functional groups attached to an aromatic ring is 1. The number of nitrogens with two attached hydrogens (primary N) is 1. The van der Waals surface area contributed by atoms with Gasteiger partial charge in [0.15, 0.2) is 0 Å². The van der Waals surface area contributed by atoms with Crippen molar-refractivity contribution in [2.75, 3.05) is 18.9 Å². The molecule has 0 atom stereocenters. The molecule has 6 heteroatoms. The minimum atomic E-state index is -3.61. The van der Waals surface area contributed by atoms with E-state index in [4.69, 9.17) is 10.5 Å². The first kappa shape index (κ1) is 16.8. The smallest absolute Gasteiger partial charge is 0.247 e. The third kappa shape index (κ3) is 3.64. The lowest BCUT2D eigenvalue weighted by molar-refractivity contribution is 0.323. The van der Waals surface area contributed by atoms with Gasteiger partial charge in [0.25, 0.3) is 0 Å². The Labute approximate surface area is 121 Å². The molecule has 0 aliphatic rings. The molecule has 5 nitrogen and oxygen atoms in total. The van der Waals surface area contributed by atoms with Gasteiger partial charge in [-0.15, -0.1) is 0 Å². The van der Waals surface area contributed by atoms with Crippen molar-refractivity contribution < 1.29 is 13.2 Å². The highest BCUT2D eigenvalue weighted by Crippen LogP contribution is 2.30. The number of hydrogen-bond acceptors (Lipinski definition) is 4. The van der Waals surface area contributed by atoms with Gasteiger partial charge in [-0.25, -0.2) is 8.42 Å². The highest BCUT2D eigenvalue weighted by molar-refractivity contribution is 7.89. The third-order valence-electron chi connectivity index (χ3n) is 2.87. The first-order valence-corrected chi connectivity index (χ1v) is 8.32. The molecule has 0 bridgehead atoms. The second kappa shape index (κ2) is 6.95. The summed E-state index contributed by atoms with van der Waals surface area (Å²) >= 11 is 0. The van der Waals surface area contributed by atoms with Gasteiger partial charge in [0.2, 0.25) is 10.0 Å². The normalized spacial score (nSPS) is 12.1. The summed E-state index contributed by atoms with van der Waals surface area (Å²) in [6.45, 7) is 8.37. The van der Waals surface area contributed by atoms with E-state index in [-0.39, 0.29) is 10.9 Å². The van der Waals surface area contributed by atoms with Crippen LogP contribution in [0.5, 0.6) is 5.75 Å². The van der Waals surface area contributed by atoms with Gasteiger partial charge < -0.3 is 10.5 Å². The van der Waals surface area contributed by atoms with Crippen LogP contribution in [0.15, 0.2) is 23.1 Å². The van der Waals surface area contributed by atoms with Gasteiger partial charge in [0.1, 0.15) is 10.6 Å². The number of hydrogen-bond donors (Lipinski definition) is 1. The molecule has 0 heterocycles. The number of ether oxygens (including phenoxy) is 1. The fourth-order valence-electron chi connectivity index (χ4n) is 2.00. The Morgan fingerprint density at radius 1 is 1.30 bits per heavy atom. The van der Waals surface area contributed by atoms with Crippen molar-refractivity contribution in [2.24, 2.45) is 0 Å². The van der Waals surface area contributed by atoms with Crippen LogP contribution in [0.1, 0.15) is 34.1 Å². The molecule has 0 unspecified atom stereocenters. The largest absolute Gasteiger partial charge is 0.492 e. The summed E-state index contributed by atoms with van der Waals surface area (Å²) in [4.78, 5) is 0.140. The molecule has 0 spiro atoms. The molecule has 0 aliphatic carbocycles. The van der Waals surface area contributed by atoms with Gasteiger partial charge >= 0.3 is 0 Å². The van der Waals surface area contributed by atoms with E-state index in [2.05, 4.69) is 0 Å². The third-order valence-corrected chi connectivity index (χ3v) is 4.97. The lowest BCUT2D eigenvalue weighted by Gasteiger charge is -2.26. The Balaban J connectivity index is 3.35. The zero-order chi connectivity index (χ0) is 15.3. The molecular formula is C14H24N2O3S. The minimum Gasteiger partial charge on any atom is -0.492 e. The Hall–Kier alpha value is -1.27. The molecule has 2 N–H and O–H groups in total. The second-order valence-electron chi connectivity index (χ2n) is 4.85. The monoisotopic (exact) mass is 300 g/mol. The summed E-state index contributed by atoms with van der Waals surface area (Å²) in [7, 11) is -3.61. The number of nitrogens with zero attached hydrogens (tertiary/aromatic N) is 1. The SMILES string of the molecule is CCCN(C(C)C)S(=O)(=O)c1cc(N)ccc1OCC. The van der Waals surface area contributed by atoms with E-state index >= 15 is 0 Å². The van der Waals surface area contributed by atoms with E-state index < -0.39 is 10.0 Å². The van der Waals surface area contributed by atoms with E-state index in [1.807, 2.05) is 27.7 Å². The van der Waals surface area contributed by atoms with Crippen molar-refractivity contribution in [3.8, 4) is 5.75 Å².